The molecule has 0 spiro atoms. The molecule has 1 atom stereocenters. The summed E-state index contributed by atoms with van der Waals surface area (Å²) in [7, 11) is 0. The highest BCUT2D eigenvalue weighted by Gasteiger charge is 2.36. The maximum atomic E-state index is 12.9. The minimum atomic E-state index is -0.220. The molecule has 2 heterocycles. The van der Waals surface area contributed by atoms with Gasteiger partial charge in [-0.15, -0.1) is 5.10 Å². The van der Waals surface area contributed by atoms with Crippen molar-refractivity contribution in [2.75, 3.05) is 5.32 Å². The van der Waals surface area contributed by atoms with Crippen LogP contribution >= 0.6 is 11.8 Å². The zero-order chi connectivity index (χ0) is 21.5. The maximum Gasteiger partial charge on any atom is 0.227 e. The number of fused-ring (bicyclic) bond motifs is 1. The minimum Gasteiger partial charge on any atom is -0.328 e. The fraction of sp³-hybridized carbons (Fsp3) is 0.320. The largest absolute Gasteiger partial charge is 0.328 e. The first-order chi connectivity index (χ1) is 15.0. The summed E-state index contributed by atoms with van der Waals surface area (Å²) in [6, 6.07) is 14.7. The molecule has 2 aliphatic rings. The van der Waals surface area contributed by atoms with Crippen molar-refractivity contribution in [1.29, 1.82) is 0 Å². The summed E-state index contributed by atoms with van der Waals surface area (Å²) in [5.41, 5.74) is 7.98. The van der Waals surface area contributed by atoms with Gasteiger partial charge < -0.3 is 5.32 Å². The maximum absolute atomic E-state index is 12.9. The van der Waals surface area contributed by atoms with Crippen LogP contribution in [0.4, 0.5) is 5.95 Å². The lowest BCUT2D eigenvalue weighted by atomic mass is 9.85. The van der Waals surface area contributed by atoms with Crippen LogP contribution < -0.4 is 5.32 Å². The lowest BCUT2D eigenvalue weighted by Crippen LogP contribution is -2.31. The fourth-order valence-electron chi connectivity index (χ4n) is 4.40. The van der Waals surface area contributed by atoms with Gasteiger partial charge in [0.05, 0.1) is 0 Å². The number of thioether (sulfide) groups is 1. The van der Waals surface area contributed by atoms with E-state index in [-0.39, 0.29) is 11.8 Å². The number of anilines is 1. The number of hydrogen-bond donors (Lipinski definition) is 1. The number of allylic oxidation sites excluding steroid dienone is 2. The van der Waals surface area contributed by atoms with Crippen molar-refractivity contribution < 1.29 is 4.79 Å². The van der Waals surface area contributed by atoms with Crippen LogP contribution in [0.1, 0.15) is 53.1 Å². The van der Waals surface area contributed by atoms with Crippen molar-refractivity contribution in [2.24, 2.45) is 0 Å². The predicted octanol–water partition coefficient (Wildman–Crippen LogP) is 5.52. The monoisotopic (exact) mass is 430 g/mol. The molecule has 0 saturated carbocycles. The van der Waals surface area contributed by atoms with Gasteiger partial charge in [-0.05, 0) is 50.3 Å². The van der Waals surface area contributed by atoms with Crippen molar-refractivity contribution in [3.63, 3.8) is 0 Å². The minimum absolute atomic E-state index is 0.213. The molecule has 31 heavy (non-hydrogen) atoms. The lowest BCUT2D eigenvalue weighted by Gasteiger charge is -2.32. The SMILES string of the molecule is Cc1ccc([C@@H]2C3=C(CCCC3=O)Nc3nc(SCc4ccc(C)cc4C)nn32)cc1. The standard InChI is InChI=1S/C25H26N4OS/c1-15-7-10-18(11-8-15)23-22-20(5-4-6-21(22)30)26-24-27-25(28-29(23)24)31-14-19-12-9-16(2)13-17(19)3/h7-13,23H,4-6,14H2,1-3H3,(H,26,27,28)/t23-/m1/s1. The summed E-state index contributed by atoms with van der Waals surface area (Å²) < 4.78 is 1.90. The molecule has 1 N–H and O–H groups in total. The van der Waals surface area contributed by atoms with Crippen LogP contribution in [0.3, 0.4) is 0 Å². The lowest BCUT2D eigenvalue weighted by molar-refractivity contribution is -0.116. The summed E-state index contributed by atoms with van der Waals surface area (Å²) in [5.74, 6) is 1.75. The Balaban J connectivity index is 1.49. The van der Waals surface area contributed by atoms with Crippen LogP contribution in [-0.4, -0.2) is 20.5 Å². The van der Waals surface area contributed by atoms with Crippen molar-refractivity contribution >= 4 is 23.5 Å². The van der Waals surface area contributed by atoms with E-state index >= 15 is 0 Å². The molecule has 2 aromatic carbocycles. The first kappa shape index (κ1) is 20.1. The fourth-order valence-corrected chi connectivity index (χ4v) is 5.31. The van der Waals surface area contributed by atoms with E-state index in [1.54, 1.807) is 11.8 Å². The Hall–Kier alpha value is -2.86. The summed E-state index contributed by atoms with van der Waals surface area (Å²) in [6.07, 6.45) is 2.36. The highest BCUT2D eigenvalue weighted by atomic mass is 32.2. The first-order valence-electron chi connectivity index (χ1n) is 10.7. The second-order valence-electron chi connectivity index (χ2n) is 8.49. The normalized spacial score (nSPS) is 17.9. The molecule has 0 unspecified atom stereocenters. The Morgan fingerprint density at radius 1 is 1.06 bits per heavy atom. The van der Waals surface area contributed by atoms with Gasteiger partial charge >= 0.3 is 0 Å². The van der Waals surface area contributed by atoms with Crippen LogP contribution in [-0.2, 0) is 10.5 Å². The van der Waals surface area contributed by atoms with E-state index in [2.05, 4.69) is 68.6 Å². The van der Waals surface area contributed by atoms with Crippen LogP contribution in [0.5, 0.6) is 0 Å². The van der Waals surface area contributed by atoms with Crippen molar-refractivity contribution in [3.05, 3.63) is 81.6 Å². The van der Waals surface area contributed by atoms with E-state index in [1.165, 1.54) is 22.3 Å². The molecule has 0 amide bonds. The Morgan fingerprint density at radius 2 is 1.84 bits per heavy atom. The molecule has 158 valence electrons. The third kappa shape index (κ3) is 3.81. The van der Waals surface area contributed by atoms with Crippen molar-refractivity contribution in [2.45, 2.75) is 57.0 Å². The van der Waals surface area contributed by atoms with Gasteiger partial charge in [-0.2, -0.15) is 4.98 Å². The highest BCUT2D eigenvalue weighted by molar-refractivity contribution is 7.98. The second kappa shape index (κ2) is 8.00. The van der Waals surface area contributed by atoms with Gasteiger partial charge in [0.25, 0.3) is 0 Å². The predicted molar refractivity (Wildman–Crippen MR) is 124 cm³/mol. The molecule has 0 fully saturated rings. The molecule has 0 radical (unpaired) electrons. The number of carbonyl (C=O) groups is 1. The number of ketones is 1. The van der Waals surface area contributed by atoms with Gasteiger partial charge in [-0.3, -0.25) is 4.79 Å². The van der Waals surface area contributed by atoms with Crippen LogP contribution in [0.25, 0.3) is 0 Å². The number of Topliss-reactive ketones (excluding diaryl/α,β-unsaturated/α-hetero) is 1. The Labute approximate surface area is 187 Å². The number of aryl methyl sites for hydroxylation is 3. The van der Waals surface area contributed by atoms with Gasteiger partial charge in [0.1, 0.15) is 6.04 Å². The van der Waals surface area contributed by atoms with E-state index in [0.29, 0.717) is 6.42 Å². The van der Waals surface area contributed by atoms with Gasteiger partial charge in [0, 0.05) is 23.4 Å². The smallest absolute Gasteiger partial charge is 0.227 e. The molecule has 5 rings (SSSR count). The third-order valence-electron chi connectivity index (χ3n) is 6.10. The van der Waals surface area contributed by atoms with E-state index in [0.717, 1.165) is 46.5 Å². The summed E-state index contributed by atoms with van der Waals surface area (Å²) in [5, 5.41) is 8.98. The zero-order valence-electron chi connectivity index (χ0n) is 18.1. The van der Waals surface area contributed by atoms with Crippen LogP contribution in [0.2, 0.25) is 0 Å². The summed E-state index contributed by atoms with van der Waals surface area (Å²) in [4.78, 5) is 17.7. The Kier molecular flexibility index (Phi) is 5.18. The van der Waals surface area contributed by atoms with Crippen LogP contribution in [0.15, 0.2) is 58.9 Å². The average Bonchev–Trinajstić information content (AvgIpc) is 3.15. The van der Waals surface area contributed by atoms with E-state index in [1.807, 2.05) is 4.68 Å². The topological polar surface area (TPSA) is 59.8 Å². The number of rotatable bonds is 4. The number of carbonyl (C=O) groups excluding carboxylic acids is 1. The summed E-state index contributed by atoms with van der Waals surface area (Å²) in [6.45, 7) is 6.33. The molecule has 1 aromatic heterocycles. The molecule has 5 nitrogen and oxygen atoms in total. The average molecular weight is 431 g/mol. The van der Waals surface area contributed by atoms with E-state index < -0.39 is 0 Å². The number of hydrogen-bond acceptors (Lipinski definition) is 5. The van der Waals surface area contributed by atoms with Crippen molar-refractivity contribution in [3.8, 4) is 0 Å². The molecule has 6 heteroatoms. The number of nitrogens with zero attached hydrogens (tertiary/aromatic N) is 3. The Bertz CT molecular complexity index is 1190. The summed E-state index contributed by atoms with van der Waals surface area (Å²) >= 11 is 1.63. The molecular formula is C25H26N4OS. The number of nitrogens with one attached hydrogen (secondary N) is 1. The molecule has 1 aliphatic carbocycles. The van der Waals surface area contributed by atoms with Gasteiger partial charge in [0.2, 0.25) is 11.1 Å². The van der Waals surface area contributed by atoms with Crippen molar-refractivity contribution in [1.82, 2.24) is 14.8 Å². The van der Waals surface area contributed by atoms with E-state index in [4.69, 9.17) is 10.1 Å². The van der Waals surface area contributed by atoms with E-state index in [9.17, 15) is 4.79 Å². The number of aromatic nitrogens is 3. The molecular weight excluding hydrogens is 404 g/mol. The molecule has 1 aliphatic heterocycles. The van der Waals surface area contributed by atoms with Crippen LogP contribution in [0, 0.1) is 20.8 Å². The molecule has 3 aromatic rings. The second-order valence-corrected chi connectivity index (χ2v) is 9.43. The van der Waals surface area contributed by atoms with Gasteiger partial charge in [-0.1, -0.05) is 65.4 Å². The highest BCUT2D eigenvalue weighted by Crippen LogP contribution is 2.40. The third-order valence-corrected chi connectivity index (χ3v) is 6.98. The van der Waals surface area contributed by atoms with Gasteiger partial charge in [0.15, 0.2) is 5.78 Å². The molecule has 0 bridgehead atoms. The first-order valence-corrected chi connectivity index (χ1v) is 11.7. The zero-order valence-corrected chi connectivity index (χ0v) is 18.9. The van der Waals surface area contributed by atoms with Gasteiger partial charge in [-0.25, -0.2) is 4.68 Å². The Morgan fingerprint density at radius 3 is 2.61 bits per heavy atom. The quantitative estimate of drug-likeness (QED) is 0.553. The molecule has 0 saturated heterocycles. The number of benzene rings is 2.